The fraction of sp³-hybridized carbons (Fsp3) is 0.500. The SMILES string of the molecule is Cc1cc(N)cc(S(=O)(=O)N(C)C(C)CO)c1C. The number of sulfonamides is 1. The van der Waals surface area contributed by atoms with Gasteiger partial charge in [-0.25, -0.2) is 8.42 Å². The molecular formula is C12H20N2O3S. The molecular weight excluding hydrogens is 252 g/mol. The number of likely N-dealkylation sites (N-methyl/N-ethyl adjacent to an activating group) is 1. The van der Waals surface area contributed by atoms with E-state index < -0.39 is 16.1 Å². The van der Waals surface area contributed by atoms with Gasteiger partial charge in [0.1, 0.15) is 0 Å². The normalized spacial score (nSPS) is 13.9. The van der Waals surface area contributed by atoms with Crippen LogP contribution in [0.2, 0.25) is 0 Å². The highest BCUT2D eigenvalue weighted by Gasteiger charge is 2.27. The first-order valence-electron chi connectivity index (χ1n) is 5.67. The van der Waals surface area contributed by atoms with Crippen molar-refractivity contribution in [3.8, 4) is 0 Å². The Bertz CT molecular complexity index is 540. The molecule has 5 nitrogen and oxygen atoms in total. The standard InChI is InChI=1S/C12H20N2O3S/c1-8-5-11(13)6-12(10(8)3)18(16,17)14(4)9(2)7-15/h5-6,9,15H,7,13H2,1-4H3. The zero-order chi connectivity index (χ0) is 14.1. The number of nitrogens with two attached hydrogens (primary N) is 1. The number of nitrogens with zero attached hydrogens (tertiary/aromatic N) is 1. The van der Waals surface area contributed by atoms with Gasteiger partial charge in [-0.3, -0.25) is 0 Å². The lowest BCUT2D eigenvalue weighted by Crippen LogP contribution is -2.37. The van der Waals surface area contributed by atoms with E-state index >= 15 is 0 Å². The van der Waals surface area contributed by atoms with E-state index in [2.05, 4.69) is 0 Å². The maximum Gasteiger partial charge on any atom is 0.243 e. The molecule has 1 aromatic carbocycles. The van der Waals surface area contributed by atoms with Gasteiger partial charge in [0.15, 0.2) is 0 Å². The molecule has 0 radical (unpaired) electrons. The molecule has 0 aliphatic carbocycles. The van der Waals surface area contributed by atoms with Crippen LogP contribution < -0.4 is 5.73 Å². The number of nitrogen functional groups attached to an aromatic ring is 1. The van der Waals surface area contributed by atoms with Crippen molar-refractivity contribution in [3.05, 3.63) is 23.3 Å². The van der Waals surface area contributed by atoms with Gasteiger partial charge in [0.05, 0.1) is 11.5 Å². The van der Waals surface area contributed by atoms with Crippen molar-refractivity contribution < 1.29 is 13.5 Å². The van der Waals surface area contributed by atoms with Crippen LogP contribution in [0.1, 0.15) is 18.1 Å². The topological polar surface area (TPSA) is 83.6 Å². The van der Waals surface area contributed by atoms with Crippen LogP contribution in [0.4, 0.5) is 5.69 Å². The number of hydrogen-bond donors (Lipinski definition) is 2. The van der Waals surface area contributed by atoms with Gasteiger partial charge < -0.3 is 10.8 Å². The van der Waals surface area contributed by atoms with Gasteiger partial charge >= 0.3 is 0 Å². The Balaban J connectivity index is 3.37. The number of anilines is 1. The number of benzene rings is 1. The number of aryl methyl sites for hydroxylation is 1. The molecule has 0 fully saturated rings. The highest BCUT2D eigenvalue weighted by atomic mass is 32.2. The molecule has 3 N–H and O–H groups in total. The molecule has 0 aliphatic heterocycles. The van der Waals surface area contributed by atoms with Crippen molar-refractivity contribution >= 4 is 15.7 Å². The van der Waals surface area contributed by atoms with Crippen molar-refractivity contribution in [3.63, 3.8) is 0 Å². The minimum Gasteiger partial charge on any atom is -0.399 e. The second kappa shape index (κ2) is 5.26. The Morgan fingerprint density at radius 1 is 1.39 bits per heavy atom. The van der Waals surface area contributed by atoms with Gasteiger partial charge in [0, 0.05) is 18.8 Å². The van der Waals surface area contributed by atoms with Crippen LogP contribution in [0.5, 0.6) is 0 Å². The second-order valence-corrected chi connectivity index (χ2v) is 6.48. The highest BCUT2D eigenvalue weighted by Crippen LogP contribution is 2.25. The fourth-order valence-electron chi connectivity index (χ4n) is 1.63. The maximum absolute atomic E-state index is 12.4. The Kier molecular flexibility index (Phi) is 4.37. The van der Waals surface area contributed by atoms with E-state index in [4.69, 9.17) is 10.8 Å². The number of aliphatic hydroxyl groups excluding tert-OH is 1. The Labute approximate surface area is 108 Å². The lowest BCUT2D eigenvalue weighted by atomic mass is 10.1. The van der Waals surface area contributed by atoms with E-state index in [-0.39, 0.29) is 11.5 Å². The zero-order valence-electron chi connectivity index (χ0n) is 11.1. The third kappa shape index (κ3) is 2.66. The van der Waals surface area contributed by atoms with Crippen LogP contribution in [0.15, 0.2) is 17.0 Å². The number of aliphatic hydroxyl groups is 1. The molecule has 0 heterocycles. The van der Waals surface area contributed by atoms with E-state index in [0.717, 1.165) is 9.87 Å². The summed E-state index contributed by atoms with van der Waals surface area (Å²) in [6, 6.07) is 2.72. The Morgan fingerprint density at radius 2 is 1.94 bits per heavy atom. The van der Waals surface area contributed by atoms with Crippen LogP contribution in [0.3, 0.4) is 0 Å². The fourth-order valence-corrected chi connectivity index (χ4v) is 3.31. The first kappa shape index (κ1) is 14.9. The summed E-state index contributed by atoms with van der Waals surface area (Å²) >= 11 is 0. The van der Waals surface area contributed by atoms with E-state index in [1.54, 1.807) is 19.9 Å². The van der Waals surface area contributed by atoms with Gasteiger partial charge in [-0.15, -0.1) is 0 Å². The van der Waals surface area contributed by atoms with Gasteiger partial charge in [-0.05, 0) is 44.0 Å². The molecule has 1 rings (SSSR count). The molecule has 1 atom stereocenters. The molecule has 1 aromatic rings. The van der Waals surface area contributed by atoms with E-state index in [9.17, 15) is 8.42 Å². The van der Waals surface area contributed by atoms with Gasteiger partial charge in [0.25, 0.3) is 0 Å². The minimum atomic E-state index is -3.63. The third-order valence-electron chi connectivity index (χ3n) is 3.18. The average molecular weight is 272 g/mol. The first-order valence-corrected chi connectivity index (χ1v) is 7.11. The summed E-state index contributed by atoms with van der Waals surface area (Å²) in [7, 11) is -2.18. The van der Waals surface area contributed by atoms with E-state index in [1.807, 2.05) is 6.92 Å². The molecule has 0 aliphatic rings. The number of hydrogen-bond acceptors (Lipinski definition) is 4. The van der Waals surface area contributed by atoms with Crippen LogP contribution >= 0.6 is 0 Å². The van der Waals surface area contributed by atoms with Crippen LogP contribution in [-0.4, -0.2) is 37.5 Å². The summed E-state index contributed by atoms with van der Waals surface area (Å²) in [6.07, 6.45) is 0. The summed E-state index contributed by atoms with van der Waals surface area (Å²) in [5, 5.41) is 9.06. The number of rotatable bonds is 4. The summed E-state index contributed by atoms with van der Waals surface area (Å²) < 4.78 is 26.0. The molecule has 0 saturated carbocycles. The lowest BCUT2D eigenvalue weighted by Gasteiger charge is -2.24. The van der Waals surface area contributed by atoms with Crippen molar-refractivity contribution in [2.24, 2.45) is 0 Å². The molecule has 0 spiro atoms. The summed E-state index contributed by atoms with van der Waals surface area (Å²) in [6.45, 7) is 4.99. The monoisotopic (exact) mass is 272 g/mol. The van der Waals surface area contributed by atoms with Crippen molar-refractivity contribution in [1.29, 1.82) is 0 Å². The van der Waals surface area contributed by atoms with Crippen LogP contribution in [0, 0.1) is 13.8 Å². The predicted octanol–water partition coefficient (Wildman–Crippen LogP) is 0.887. The lowest BCUT2D eigenvalue weighted by molar-refractivity contribution is 0.214. The Morgan fingerprint density at radius 3 is 2.44 bits per heavy atom. The molecule has 6 heteroatoms. The second-order valence-electron chi connectivity index (χ2n) is 4.51. The molecule has 102 valence electrons. The minimum absolute atomic E-state index is 0.197. The molecule has 18 heavy (non-hydrogen) atoms. The van der Waals surface area contributed by atoms with E-state index in [1.165, 1.54) is 13.1 Å². The van der Waals surface area contributed by atoms with Gasteiger partial charge in [-0.1, -0.05) is 0 Å². The quantitative estimate of drug-likeness (QED) is 0.797. The van der Waals surface area contributed by atoms with Crippen molar-refractivity contribution in [1.82, 2.24) is 4.31 Å². The highest BCUT2D eigenvalue weighted by molar-refractivity contribution is 7.89. The van der Waals surface area contributed by atoms with Gasteiger partial charge in [-0.2, -0.15) is 4.31 Å². The van der Waals surface area contributed by atoms with E-state index in [0.29, 0.717) is 11.3 Å². The van der Waals surface area contributed by atoms with Crippen LogP contribution in [0.25, 0.3) is 0 Å². The molecule has 0 saturated heterocycles. The Hall–Kier alpha value is -1.11. The predicted molar refractivity (Wildman–Crippen MR) is 71.8 cm³/mol. The molecule has 0 amide bonds. The molecule has 0 bridgehead atoms. The van der Waals surface area contributed by atoms with Crippen molar-refractivity contribution in [2.75, 3.05) is 19.4 Å². The zero-order valence-corrected chi connectivity index (χ0v) is 12.0. The summed E-state index contributed by atoms with van der Waals surface area (Å²) in [5.74, 6) is 0. The molecule has 1 unspecified atom stereocenters. The summed E-state index contributed by atoms with van der Waals surface area (Å²) in [4.78, 5) is 0.197. The first-order chi connectivity index (χ1) is 8.21. The third-order valence-corrected chi connectivity index (χ3v) is 5.28. The van der Waals surface area contributed by atoms with Crippen molar-refractivity contribution in [2.45, 2.75) is 31.7 Å². The maximum atomic E-state index is 12.4. The smallest absolute Gasteiger partial charge is 0.243 e. The van der Waals surface area contributed by atoms with Gasteiger partial charge in [0.2, 0.25) is 10.0 Å². The molecule has 0 aromatic heterocycles. The largest absolute Gasteiger partial charge is 0.399 e. The van der Waals surface area contributed by atoms with Crippen LogP contribution in [-0.2, 0) is 10.0 Å². The summed E-state index contributed by atoms with van der Waals surface area (Å²) in [5.41, 5.74) is 7.63. The average Bonchev–Trinajstić information content (AvgIpc) is 2.31.